The number of rotatable bonds is 2. The van der Waals surface area contributed by atoms with E-state index in [1.165, 1.54) is 3.93 Å². The summed E-state index contributed by atoms with van der Waals surface area (Å²) in [4.78, 5) is 24.3. The summed E-state index contributed by atoms with van der Waals surface area (Å²) in [7, 11) is 0. The Balaban J connectivity index is 2.25. The molecule has 0 saturated carbocycles. The Bertz CT molecular complexity index is 730. The van der Waals surface area contributed by atoms with E-state index in [9.17, 15) is 9.59 Å². The number of fused-ring (bicyclic) bond motifs is 3. The summed E-state index contributed by atoms with van der Waals surface area (Å²) in [6.07, 6.45) is 0. The molecule has 2 aromatic carbocycles. The second-order valence-corrected chi connectivity index (χ2v) is 5.85. The van der Waals surface area contributed by atoms with Crippen LogP contribution in [0.5, 0.6) is 0 Å². The van der Waals surface area contributed by atoms with E-state index in [2.05, 4.69) is 16.1 Å². The first-order valence-electron chi connectivity index (χ1n) is 5.97. The SMILES string of the molecule is O=C1c2ccccc2-c2c1cccc2N(Br)C(=O)CI. The van der Waals surface area contributed by atoms with Crippen LogP contribution in [0.1, 0.15) is 15.9 Å². The van der Waals surface area contributed by atoms with E-state index in [4.69, 9.17) is 0 Å². The number of hydrogen-bond donors (Lipinski definition) is 0. The second-order valence-electron chi connectivity index (χ2n) is 4.38. The topological polar surface area (TPSA) is 37.4 Å². The van der Waals surface area contributed by atoms with Gasteiger partial charge in [0.1, 0.15) is 0 Å². The lowest BCUT2D eigenvalue weighted by molar-refractivity contribution is -0.114. The lowest BCUT2D eigenvalue weighted by Gasteiger charge is -2.17. The van der Waals surface area contributed by atoms with E-state index in [1.807, 2.05) is 52.9 Å². The van der Waals surface area contributed by atoms with Gasteiger partial charge in [0.15, 0.2) is 5.78 Å². The van der Waals surface area contributed by atoms with Gasteiger partial charge < -0.3 is 0 Å². The summed E-state index contributed by atoms with van der Waals surface area (Å²) in [6.45, 7) is 0. The Morgan fingerprint density at radius 3 is 2.40 bits per heavy atom. The number of halogens is 2. The van der Waals surface area contributed by atoms with Crippen LogP contribution in [0.25, 0.3) is 11.1 Å². The molecule has 5 heteroatoms. The Hall–Kier alpha value is -1.21. The number of anilines is 1. The maximum Gasteiger partial charge on any atom is 0.246 e. The van der Waals surface area contributed by atoms with Crippen LogP contribution in [0.15, 0.2) is 42.5 Å². The van der Waals surface area contributed by atoms with Crippen LogP contribution < -0.4 is 3.93 Å². The molecule has 0 aromatic heterocycles. The van der Waals surface area contributed by atoms with Crippen molar-refractivity contribution in [2.45, 2.75) is 0 Å². The molecule has 1 aliphatic rings. The van der Waals surface area contributed by atoms with E-state index in [0.29, 0.717) is 21.2 Å². The maximum absolute atomic E-state index is 12.4. The number of carbonyl (C=O) groups excluding carboxylic acids is 2. The molecule has 0 aliphatic heterocycles. The third-order valence-corrected chi connectivity index (χ3v) is 4.70. The van der Waals surface area contributed by atoms with Gasteiger partial charge in [0.05, 0.1) is 26.3 Å². The molecule has 0 atom stereocenters. The fraction of sp³-hybridized carbons (Fsp3) is 0.0667. The number of ketones is 1. The Morgan fingerprint density at radius 2 is 1.70 bits per heavy atom. The second kappa shape index (κ2) is 5.29. The lowest BCUT2D eigenvalue weighted by Crippen LogP contribution is -2.21. The van der Waals surface area contributed by atoms with Crippen molar-refractivity contribution >= 4 is 56.1 Å². The quantitative estimate of drug-likeness (QED) is 0.342. The van der Waals surface area contributed by atoms with Crippen LogP contribution in [0.3, 0.4) is 0 Å². The highest BCUT2D eigenvalue weighted by Crippen LogP contribution is 2.43. The van der Waals surface area contributed by atoms with Crippen LogP contribution in [0.2, 0.25) is 0 Å². The molecule has 0 radical (unpaired) electrons. The zero-order chi connectivity index (χ0) is 14.3. The largest absolute Gasteiger partial charge is 0.289 e. The monoisotopic (exact) mass is 441 g/mol. The third kappa shape index (κ3) is 2.00. The van der Waals surface area contributed by atoms with Crippen molar-refractivity contribution in [3.8, 4) is 11.1 Å². The molecule has 3 nitrogen and oxygen atoms in total. The van der Waals surface area contributed by atoms with E-state index >= 15 is 0 Å². The Morgan fingerprint density at radius 1 is 1.05 bits per heavy atom. The van der Waals surface area contributed by atoms with Crippen molar-refractivity contribution < 1.29 is 9.59 Å². The van der Waals surface area contributed by atoms with E-state index in [0.717, 1.165) is 11.1 Å². The highest BCUT2D eigenvalue weighted by atomic mass is 127. The molecular weight excluding hydrogens is 433 g/mol. The number of alkyl halides is 1. The molecule has 0 N–H and O–H groups in total. The first-order chi connectivity index (χ1) is 9.65. The summed E-state index contributed by atoms with van der Waals surface area (Å²) in [6, 6.07) is 12.9. The summed E-state index contributed by atoms with van der Waals surface area (Å²) >= 11 is 5.32. The molecule has 0 fully saturated rings. The highest BCUT2D eigenvalue weighted by Gasteiger charge is 2.30. The number of nitrogens with zero attached hydrogens (tertiary/aromatic N) is 1. The van der Waals surface area contributed by atoms with Crippen LogP contribution in [0.4, 0.5) is 5.69 Å². The summed E-state index contributed by atoms with van der Waals surface area (Å²) in [5.41, 5.74) is 3.76. The number of carbonyl (C=O) groups is 2. The molecule has 2 aromatic rings. The number of amides is 1. The molecule has 1 aliphatic carbocycles. The molecule has 0 spiro atoms. The van der Waals surface area contributed by atoms with Gasteiger partial charge in [-0.05, 0) is 11.6 Å². The minimum absolute atomic E-state index is 0.0141. The highest BCUT2D eigenvalue weighted by molar-refractivity contribution is 14.1. The van der Waals surface area contributed by atoms with Crippen molar-refractivity contribution in [3.05, 3.63) is 53.6 Å². The standard InChI is InChI=1S/C15H9BrINO2/c16-18(13(19)8-17)12-7-3-6-11-14(12)9-4-1-2-5-10(9)15(11)20/h1-7H,8H2. The van der Waals surface area contributed by atoms with Crippen molar-refractivity contribution in [3.63, 3.8) is 0 Å². The molecular formula is C15H9BrINO2. The van der Waals surface area contributed by atoms with Gasteiger partial charge in [-0.25, -0.2) is 3.93 Å². The Kier molecular flexibility index (Phi) is 3.64. The molecule has 20 heavy (non-hydrogen) atoms. The molecule has 0 bridgehead atoms. The predicted octanol–water partition coefficient (Wildman–Crippen LogP) is 3.98. The van der Waals surface area contributed by atoms with Crippen LogP contribution in [-0.4, -0.2) is 16.1 Å². The van der Waals surface area contributed by atoms with Gasteiger partial charge in [0.25, 0.3) is 0 Å². The zero-order valence-electron chi connectivity index (χ0n) is 10.3. The normalized spacial score (nSPS) is 12.0. The minimum Gasteiger partial charge on any atom is -0.289 e. The zero-order valence-corrected chi connectivity index (χ0v) is 14.0. The van der Waals surface area contributed by atoms with Gasteiger partial charge >= 0.3 is 0 Å². The molecule has 3 rings (SSSR count). The van der Waals surface area contributed by atoms with Gasteiger partial charge in [-0.2, -0.15) is 0 Å². The first kappa shape index (κ1) is 13.8. The number of hydrogen-bond acceptors (Lipinski definition) is 2. The van der Waals surface area contributed by atoms with Gasteiger partial charge in [-0.3, -0.25) is 9.59 Å². The van der Waals surface area contributed by atoms with E-state index < -0.39 is 0 Å². The summed E-state index contributed by atoms with van der Waals surface area (Å²) in [5, 5.41) is 0. The smallest absolute Gasteiger partial charge is 0.246 e. The number of benzene rings is 2. The van der Waals surface area contributed by atoms with Crippen molar-refractivity contribution in [1.29, 1.82) is 0 Å². The van der Waals surface area contributed by atoms with Crippen LogP contribution in [-0.2, 0) is 4.79 Å². The molecule has 0 unspecified atom stereocenters. The third-order valence-electron chi connectivity index (χ3n) is 3.27. The van der Waals surface area contributed by atoms with Crippen LogP contribution in [0, 0.1) is 0 Å². The van der Waals surface area contributed by atoms with Crippen LogP contribution >= 0.6 is 38.7 Å². The molecule has 0 heterocycles. The van der Waals surface area contributed by atoms with Gasteiger partial charge in [-0.1, -0.05) is 59.0 Å². The predicted molar refractivity (Wildman–Crippen MR) is 90.6 cm³/mol. The van der Waals surface area contributed by atoms with Gasteiger partial charge in [-0.15, -0.1) is 0 Å². The minimum atomic E-state index is -0.0594. The molecule has 0 saturated heterocycles. The van der Waals surface area contributed by atoms with Gasteiger partial charge in [0, 0.05) is 16.7 Å². The first-order valence-corrected chi connectivity index (χ1v) is 8.20. The average Bonchev–Trinajstić information content (AvgIpc) is 2.80. The van der Waals surface area contributed by atoms with E-state index in [-0.39, 0.29) is 11.7 Å². The fourth-order valence-electron chi connectivity index (χ4n) is 2.41. The lowest BCUT2D eigenvalue weighted by atomic mass is 10.0. The molecule has 100 valence electrons. The van der Waals surface area contributed by atoms with Crippen molar-refractivity contribution in [2.75, 3.05) is 8.35 Å². The summed E-state index contributed by atoms with van der Waals surface area (Å²) in [5.74, 6) is -0.0453. The molecule has 1 amide bonds. The maximum atomic E-state index is 12.4. The van der Waals surface area contributed by atoms with E-state index in [1.54, 1.807) is 12.1 Å². The van der Waals surface area contributed by atoms with Crippen molar-refractivity contribution in [1.82, 2.24) is 0 Å². The fourth-order valence-corrected chi connectivity index (χ4v) is 3.64. The van der Waals surface area contributed by atoms with Crippen molar-refractivity contribution in [2.24, 2.45) is 0 Å². The Labute approximate surface area is 138 Å². The van der Waals surface area contributed by atoms with Gasteiger partial charge in [0.2, 0.25) is 5.91 Å². The summed E-state index contributed by atoms with van der Waals surface area (Å²) < 4.78 is 1.80. The average molecular weight is 442 g/mol.